The SMILES string of the molecule is CCOc1ncc(F)cc1S(=O)(=O)Cl.CCOc1ncc(F)cc1SCc1ccccc1. The summed E-state index contributed by atoms with van der Waals surface area (Å²) in [7, 11) is 1.02. The summed E-state index contributed by atoms with van der Waals surface area (Å²) in [4.78, 5) is 7.72. The highest BCUT2D eigenvalue weighted by Crippen LogP contribution is 2.30. The molecule has 32 heavy (non-hydrogen) atoms. The number of benzene rings is 1. The molecule has 0 N–H and O–H groups in total. The first-order valence-electron chi connectivity index (χ1n) is 9.42. The molecule has 0 saturated heterocycles. The van der Waals surface area contributed by atoms with Crippen LogP contribution in [-0.2, 0) is 14.8 Å². The van der Waals surface area contributed by atoms with Gasteiger partial charge in [0.25, 0.3) is 9.05 Å². The van der Waals surface area contributed by atoms with Crippen molar-refractivity contribution in [3.05, 3.63) is 72.1 Å². The molecule has 6 nitrogen and oxygen atoms in total. The first-order chi connectivity index (χ1) is 15.2. The first-order valence-corrected chi connectivity index (χ1v) is 12.7. The van der Waals surface area contributed by atoms with Crippen molar-refractivity contribution in [1.29, 1.82) is 0 Å². The van der Waals surface area contributed by atoms with E-state index in [0.717, 1.165) is 22.9 Å². The number of halogens is 3. The highest BCUT2D eigenvalue weighted by atomic mass is 35.7. The molecule has 0 saturated carbocycles. The van der Waals surface area contributed by atoms with Gasteiger partial charge in [-0.25, -0.2) is 27.2 Å². The standard InChI is InChI=1S/C14H14FNOS.C7H7ClFNO3S/c1-2-17-14-13(8-12(15)9-16-14)18-10-11-6-4-3-5-7-11;1-2-13-7-6(14(8,11)12)3-5(9)4-10-7/h3-9H,2,10H2,1H3;3-4H,2H2,1H3. The van der Waals surface area contributed by atoms with Gasteiger partial charge in [0.15, 0.2) is 0 Å². The Morgan fingerprint density at radius 1 is 0.938 bits per heavy atom. The maximum Gasteiger partial charge on any atom is 0.266 e. The van der Waals surface area contributed by atoms with Crippen LogP contribution >= 0.6 is 22.4 Å². The molecule has 0 fully saturated rings. The molecule has 0 atom stereocenters. The Balaban J connectivity index is 0.000000235. The lowest BCUT2D eigenvalue weighted by atomic mass is 10.2. The van der Waals surface area contributed by atoms with Crippen LogP contribution in [0.4, 0.5) is 8.78 Å². The first kappa shape index (κ1) is 25.8. The largest absolute Gasteiger partial charge is 0.477 e. The molecule has 0 amide bonds. The molecule has 172 valence electrons. The molecular weight excluding hydrogens is 482 g/mol. The Bertz CT molecular complexity index is 1120. The van der Waals surface area contributed by atoms with Gasteiger partial charge in [-0.1, -0.05) is 30.3 Å². The Hall–Kier alpha value is -2.43. The third-order valence-corrected chi connectivity index (χ3v) is 6.03. The minimum absolute atomic E-state index is 0.191. The third kappa shape index (κ3) is 8.25. The monoisotopic (exact) mass is 502 g/mol. The van der Waals surface area contributed by atoms with Crippen molar-refractivity contribution in [2.75, 3.05) is 13.2 Å². The molecule has 2 aromatic heterocycles. The van der Waals surface area contributed by atoms with Crippen molar-refractivity contribution in [2.45, 2.75) is 29.4 Å². The van der Waals surface area contributed by atoms with Crippen LogP contribution in [0.3, 0.4) is 0 Å². The number of ether oxygens (including phenoxy) is 2. The van der Waals surface area contributed by atoms with Crippen molar-refractivity contribution >= 4 is 31.5 Å². The molecule has 0 radical (unpaired) electrons. The number of hydrogen-bond acceptors (Lipinski definition) is 7. The van der Waals surface area contributed by atoms with E-state index in [1.165, 1.54) is 29.6 Å². The molecule has 1 aromatic carbocycles. The lowest BCUT2D eigenvalue weighted by Gasteiger charge is -2.08. The van der Waals surface area contributed by atoms with Gasteiger partial charge in [-0.2, -0.15) is 0 Å². The molecule has 0 aliphatic rings. The van der Waals surface area contributed by atoms with Crippen LogP contribution in [-0.4, -0.2) is 31.6 Å². The summed E-state index contributed by atoms with van der Waals surface area (Å²) in [6.45, 7) is 4.28. The zero-order chi connectivity index (χ0) is 23.6. The highest BCUT2D eigenvalue weighted by molar-refractivity contribution is 8.13. The van der Waals surface area contributed by atoms with E-state index in [1.54, 1.807) is 6.92 Å². The second kappa shape index (κ2) is 12.6. The number of nitrogens with zero attached hydrogens (tertiary/aromatic N) is 2. The molecule has 0 bridgehead atoms. The van der Waals surface area contributed by atoms with E-state index in [1.807, 2.05) is 37.3 Å². The van der Waals surface area contributed by atoms with Gasteiger partial charge in [0.05, 0.1) is 30.5 Å². The Morgan fingerprint density at radius 3 is 2.09 bits per heavy atom. The van der Waals surface area contributed by atoms with Gasteiger partial charge < -0.3 is 9.47 Å². The fraction of sp³-hybridized carbons (Fsp3) is 0.238. The van der Waals surface area contributed by atoms with Crippen molar-refractivity contribution < 1.29 is 26.7 Å². The van der Waals surface area contributed by atoms with Crippen LogP contribution in [0.1, 0.15) is 19.4 Å². The second-order valence-corrected chi connectivity index (χ2v) is 9.54. The fourth-order valence-corrected chi connectivity index (χ4v) is 4.17. The van der Waals surface area contributed by atoms with Crippen LogP contribution < -0.4 is 9.47 Å². The van der Waals surface area contributed by atoms with E-state index in [2.05, 4.69) is 9.97 Å². The summed E-state index contributed by atoms with van der Waals surface area (Å²) in [6, 6.07) is 12.3. The fourth-order valence-electron chi connectivity index (χ4n) is 2.32. The topological polar surface area (TPSA) is 78.4 Å². The van der Waals surface area contributed by atoms with E-state index in [0.29, 0.717) is 12.5 Å². The van der Waals surface area contributed by atoms with Gasteiger partial charge in [0, 0.05) is 22.5 Å². The van der Waals surface area contributed by atoms with Crippen molar-refractivity contribution in [2.24, 2.45) is 0 Å². The van der Waals surface area contributed by atoms with Gasteiger partial charge in [0.2, 0.25) is 11.8 Å². The molecule has 3 aromatic rings. The van der Waals surface area contributed by atoms with Gasteiger partial charge in [-0.3, -0.25) is 0 Å². The number of hydrogen-bond donors (Lipinski definition) is 0. The Morgan fingerprint density at radius 2 is 1.50 bits per heavy atom. The normalized spacial score (nSPS) is 10.8. The minimum atomic E-state index is -4.03. The van der Waals surface area contributed by atoms with E-state index >= 15 is 0 Å². The zero-order valence-corrected chi connectivity index (χ0v) is 19.7. The Labute approximate surface area is 194 Å². The predicted octanol–water partition coefficient (Wildman–Crippen LogP) is 5.46. The lowest BCUT2D eigenvalue weighted by molar-refractivity contribution is 0.315. The van der Waals surface area contributed by atoms with Crippen LogP contribution in [0.15, 0.2) is 64.6 Å². The van der Waals surface area contributed by atoms with Crippen molar-refractivity contribution in [1.82, 2.24) is 9.97 Å². The smallest absolute Gasteiger partial charge is 0.266 e. The molecule has 2 heterocycles. The summed E-state index contributed by atoms with van der Waals surface area (Å²) in [5.41, 5.74) is 1.19. The molecule has 11 heteroatoms. The average Bonchev–Trinajstić information content (AvgIpc) is 2.76. The van der Waals surface area contributed by atoms with E-state index in [9.17, 15) is 17.2 Å². The zero-order valence-electron chi connectivity index (χ0n) is 17.3. The second-order valence-electron chi connectivity index (χ2n) is 5.99. The summed E-state index contributed by atoms with van der Waals surface area (Å²) in [5, 5.41) is 0. The number of thioether (sulfide) groups is 1. The molecule has 0 spiro atoms. The van der Waals surface area contributed by atoms with Crippen LogP contribution in [0.5, 0.6) is 11.8 Å². The van der Waals surface area contributed by atoms with Crippen LogP contribution in [0.25, 0.3) is 0 Å². The van der Waals surface area contributed by atoms with Crippen molar-refractivity contribution in [3.63, 3.8) is 0 Å². The van der Waals surface area contributed by atoms with E-state index in [-0.39, 0.29) is 18.3 Å². The number of aromatic nitrogens is 2. The maximum atomic E-state index is 13.2. The average molecular weight is 503 g/mol. The maximum absolute atomic E-state index is 13.2. The van der Waals surface area contributed by atoms with Gasteiger partial charge >= 0.3 is 0 Å². The quantitative estimate of drug-likeness (QED) is 0.299. The molecular formula is C21H21ClF2N2O4S2. The van der Waals surface area contributed by atoms with E-state index < -0.39 is 19.8 Å². The summed E-state index contributed by atoms with van der Waals surface area (Å²) < 4.78 is 58.0. The minimum Gasteiger partial charge on any atom is -0.477 e. The highest BCUT2D eigenvalue weighted by Gasteiger charge is 2.19. The van der Waals surface area contributed by atoms with Gasteiger partial charge in [-0.05, 0) is 25.5 Å². The molecule has 0 aliphatic carbocycles. The third-order valence-electron chi connectivity index (χ3n) is 3.63. The molecule has 3 rings (SSSR count). The predicted molar refractivity (Wildman–Crippen MR) is 120 cm³/mol. The summed E-state index contributed by atoms with van der Waals surface area (Å²) >= 11 is 1.53. The van der Waals surface area contributed by atoms with Crippen molar-refractivity contribution in [3.8, 4) is 11.8 Å². The molecule has 0 aliphatic heterocycles. The number of pyridine rings is 2. The lowest BCUT2D eigenvalue weighted by Crippen LogP contribution is -2.02. The van der Waals surface area contributed by atoms with Gasteiger partial charge in [0.1, 0.15) is 16.5 Å². The van der Waals surface area contributed by atoms with E-state index in [4.69, 9.17) is 20.2 Å². The van der Waals surface area contributed by atoms with Crippen LogP contribution in [0.2, 0.25) is 0 Å². The van der Waals surface area contributed by atoms with Crippen LogP contribution in [0, 0.1) is 11.6 Å². The summed E-state index contributed by atoms with van der Waals surface area (Å²) in [5.74, 6) is -0.0445. The Kier molecular flexibility index (Phi) is 10.1. The molecule has 0 unspecified atom stereocenters. The van der Waals surface area contributed by atoms with Gasteiger partial charge in [-0.15, -0.1) is 11.8 Å². The summed E-state index contributed by atoms with van der Waals surface area (Å²) in [6.07, 6.45) is 2.04. The number of rotatable bonds is 8.